The second-order valence-corrected chi connectivity index (χ2v) is 5.87. The summed E-state index contributed by atoms with van der Waals surface area (Å²) in [5.41, 5.74) is 2.51. The molecule has 1 aromatic carbocycles. The van der Waals surface area contributed by atoms with Crippen molar-refractivity contribution in [1.29, 1.82) is 0 Å². The van der Waals surface area contributed by atoms with Crippen LogP contribution >= 0.6 is 11.8 Å². The molecule has 0 radical (unpaired) electrons. The van der Waals surface area contributed by atoms with Crippen LogP contribution in [0.25, 0.3) is 0 Å². The van der Waals surface area contributed by atoms with Gasteiger partial charge in [0.05, 0.1) is 18.9 Å². The number of hydrogen-bond acceptors (Lipinski definition) is 4. The van der Waals surface area contributed by atoms with Gasteiger partial charge < -0.3 is 10.3 Å². The molecule has 4 nitrogen and oxygen atoms in total. The Hall–Kier alpha value is -1.75. The SMILES string of the molecule is c1ccc(C2CN=C(SCCCc3cnc[nH]3)N2)cc1. The van der Waals surface area contributed by atoms with Crippen molar-refractivity contribution in [1.82, 2.24) is 15.3 Å². The maximum atomic E-state index is 4.58. The van der Waals surface area contributed by atoms with E-state index < -0.39 is 0 Å². The Morgan fingerprint density at radius 3 is 2.95 bits per heavy atom. The van der Waals surface area contributed by atoms with Gasteiger partial charge in [-0.05, 0) is 18.4 Å². The molecule has 5 heteroatoms. The lowest BCUT2D eigenvalue weighted by Gasteiger charge is -2.11. The molecule has 2 heterocycles. The van der Waals surface area contributed by atoms with Gasteiger partial charge in [0.15, 0.2) is 5.17 Å². The minimum Gasteiger partial charge on any atom is -0.356 e. The fourth-order valence-corrected chi connectivity index (χ4v) is 3.10. The largest absolute Gasteiger partial charge is 0.356 e. The molecule has 0 aliphatic carbocycles. The van der Waals surface area contributed by atoms with Crippen molar-refractivity contribution in [3.8, 4) is 0 Å². The van der Waals surface area contributed by atoms with Gasteiger partial charge >= 0.3 is 0 Å². The van der Waals surface area contributed by atoms with Gasteiger partial charge in [0.1, 0.15) is 0 Å². The maximum Gasteiger partial charge on any atom is 0.157 e. The third kappa shape index (κ3) is 3.42. The first kappa shape index (κ1) is 13.2. The molecular formula is C15H18N4S. The molecule has 1 aliphatic rings. The van der Waals surface area contributed by atoms with Crippen LogP contribution in [0.3, 0.4) is 0 Å². The van der Waals surface area contributed by atoms with Crippen LogP contribution in [0.4, 0.5) is 0 Å². The van der Waals surface area contributed by atoms with E-state index in [1.165, 1.54) is 11.3 Å². The highest BCUT2D eigenvalue weighted by Gasteiger charge is 2.18. The van der Waals surface area contributed by atoms with E-state index in [-0.39, 0.29) is 0 Å². The van der Waals surface area contributed by atoms with Crippen LogP contribution in [0.15, 0.2) is 47.8 Å². The minimum atomic E-state index is 0.339. The van der Waals surface area contributed by atoms with Crippen molar-refractivity contribution in [3.05, 3.63) is 54.1 Å². The molecule has 1 aliphatic heterocycles. The average Bonchev–Trinajstić information content (AvgIpc) is 3.16. The summed E-state index contributed by atoms with van der Waals surface area (Å²) in [7, 11) is 0. The summed E-state index contributed by atoms with van der Waals surface area (Å²) in [5, 5.41) is 4.57. The molecule has 3 rings (SSSR count). The summed E-state index contributed by atoms with van der Waals surface area (Å²) in [5.74, 6) is 1.08. The molecule has 1 unspecified atom stereocenters. The van der Waals surface area contributed by atoms with Crippen molar-refractivity contribution in [2.75, 3.05) is 12.3 Å². The smallest absolute Gasteiger partial charge is 0.157 e. The Bertz CT molecular complexity index is 551. The van der Waals surface area contributed by atoms with E-state index in [9.17, 15) is 0 Å². The van der Waals surface area contributed by atoms with Crippen molar-refractivity contribution in [2.45, 2.75) is 18.9 Å². The monoisotopic (exact) mass is 286 g/mol. The summed E-state index contributed by atoms with van der Waals surface area (Å²) in [6.45, 7) is 0.840. The fourth-order valence-electron chi connectivity index (χ4n) is 2.23. The lowest BCUT2D eigenvalue weighted by atomic mass is 10.1. The number of benzene rings is 1. The normalized spacial score (nSPS) is 17.8. The average molecular weight is 286 g/mol. The number of aliphatic imine (C=N–C) groups is 1. The second kappa shape index (κ2) is 6.61. The number of amidine groups is 1. The van der Waals surface area contributed by atoms with Crippen LogP contribution in [0, 0.1) is 0 Å². The third-order valence-corrected chi connectivity index (χ3v) is 4.31. The molecular weight excluding hydrogens is 268 g/mol. The Morgan fingerprint density at radius 2 is 2.15 bits per heavy atom. The van der Waals surface area contributed by atoms with Crippen molar-refractivity contribution in [3.63, 3.8) is 0 Å². The molecule has 0 saturated heterocycles. The zero-order valence-corrected chi connectivity index (χ0v) is 12.1. The number of hydrogen-bond donors (Lipinski definition) is 2. The second-order valence-electron chi connectivity index (χ2n) is 4.78. The molecule has 20 heavy (non-hydrogen) atoms. The van der Waals surface area contributed by atoms with Gasteiger partial charge in [-0.25, -0.2) is 4.98 Å². The van der Waals surface area contributed by atoms with Crippen LogP contribution in [0.2, 0.25) is 0 Å². The van der Waals surface area contributed by atoms with Crippen molar-refractivity contribution >= 4 is 16.9 Å². The molecule has 0 bridgehead atoms. The van der Waals surface area contributed by atoms with E-state index >= 15 is 0 Å². The standard InChI is InChI=1S/C15H18N4S/c1-2-5-12(6-3-1)14-10-17-15(19-14)20-8-4-7-13-9-16-11-18-13/h1-3,5-6,9,11,14H,4,7-8,10H2,(H,16,18)(H,17,19). The molecule has 0 fully saturated rings. The summed E-state index contributed by atoms with van der Waals surface area (Å²) >= 11 is 1.81. The van der Waals surface area contributed by atoms with Gasteiger partial charge in [-0.3, -0.25) is 4.99 Å². The predicted octanol–water partition coefficient (Wildman–Crippen LogP) is 2.78. The highest BCUT2D eigenvalue weighted by atomic mass is 32.2. The maximum absolute atomic E-state index is 4.58. The Kier molecular flexibility index (Phi) is 4.38. The summed E-state index contributed by atoms with van der Waals surface area (Å²) < 4.78 is 0. The van der Waals surface area contributed by atoms with E-state index in [4.69, 9.17) is 0 Å². The number of aromatic amines is 1. The lowest BCUT2D eigenvalue weighted by Crippen LogP contribution is -2.21. The van der Waals surface area contributed by atoms with Crippen LogP contribution in [-0.2, 0) is 6.42 Å². The zero-order chi connectivity index (χ0) is 13.6. The van der Waals surface area contributed by atoms with Gasteiger partial charge in [0.25, 0.3) is 0 Å². The summed E-state index contributed by atoms with van der Waals surface area (Å²) in [6.07, 6.45) is 5.79. The van der Waals surface area contributed by atoms with E-state index in [1.54, 1.807) is 6.33 Å². The quantitative estimate of drug-likeness (QED) is 0.831. The third-order valence-electron chi connectivity index (χ3n) is 3.30. The van der Waals surface area contributed by atoms with Crippen molar-refractivity contribution in [2.24, 2.45) is 4.99 Å². The number of rotatable bonds is 5. The topological polar surface area (TPSA) is 53.1 Å². The number of thioether (sulfide) groups is 1. The summed E-state index contributed by atoms with van der Waals surface area (Å²) in [4.78, 5) is 11.7. The molecule has 1 atom stereocenters. The molecule has 2 aromatic rings. The van der Waals surface area contributed by atoms with Gasteiger partial charge in [0.2, 0.25) is 0 Å². The highest BCUT2D eigenvalue weighted by Crippen LogP contribution is 2.20. The van der Waals surface area contributed by atoms with Crippen LogP contribution in [0.5, 0.6) is 0 Å². The first-order valence-electron chi connectivity index (χ1n) is 6.88. The first-order chi connectivity index (χ1) is 9.92. The number of aryl methyl sites for hydroxylation is 1. The van der Waals surface area contributed by atoms with Gasteiger partial charge in [-0.2, -0.15) is 0 Å². The number of imidazole rings is 1. The van der Waals surface area contributed by atoms with Crippen LogP contribution in [0.1, 0.15) is 23.7 Å². The fraction of sp³-hybridized carbons (Fsp3) is 0.333. The number of nitrogens with one attached hydrogen (secondary N) is 2. The Labute approximate surface area is 123 Å². The number of nitrogens with zero attached hydrogens (tertiary/aromatic N) is 2. The van der Waals surface area contributed by atoms with E-state index in [0.717, 1.165) is 30.3 Å². The van der Waals surface area contributed by atoms with Crippen LogP contribution < -0.4 is 5.32 Å². The molecule has 104 valence electrons. The highest BCUT2D eigenvalue weighted by molar-refractivity contribution is 8.13. The van der Waals surface area contributed by atoms with E-state index in [0.29, 0.717) is 6.04 Å². The Morgan fingerprint density at radius 1 is 1.25 bits per heavy atom. The van der Waals surface area contributed by atoms with Gasteiger partial charge in [-0.1, -0.05) is 42.1 Å². The number of aromatic nitrogens is 2. The van der Waals surface area contributed by atoms with Crippen LogP contribution in [-0.4, -0.2) is 27.4 Å². The lowest BCUT2D eigenvalue weighted by molar-refractivity contribution is 0.712. The van der Waals surface area contributed by atoms with Crippen molar-refractivity contribution < 1.29 is 0 Å². The molecule has 2 N–H and O–H groups in total. The van der Waals surface area contributed by atoms with E-state index in [2.05, 4.69) is 44.5 Å². The van der Waals surface area contributed by atoms with E-state index in [1.807, 2.05) is 24.0 Å². The number of H-pyrrole nitrogens is 1. The molecule has 1 aromatic heterocycles. The molecule has 0 spiro atoms. The van der Waals surface area contributed by atoms with Gasteiger partial charge in [0, 0.05) is 17.6 Å². The Balaban J connectivity index is 1.40. The first-order valence-corrected chi connectivity index (χ1v) is 7.86. The predicted molar refractivity (Wildman–Crippen MR) is 84.0 cm³/mol. The minimum absolute atomic E-state index is 0.339. The summed E-state index contributed by atoms with van der Waals surface area (Å²) in [6, 6.07) is 10.8. The molecule has 0 saturated carbocycles. The molecule has 0 amide bonds. The zero-order valence-electron chi connectivity index (χ0n) is 11.2. The van der Waals surface area contributed by atoms with Gasteiger partial charge in [-0.15, -0.1) is 0 Å².